The molecule has 0 radical (unpaired) electrons. The number of carbonyl (C=O) groups is 1. The normalized spacial score (nSPS) is 11.2. The van der Waals surface area contributed by atoms with Gasteiger partial charge in [-0.25, -0.2) is 4.79 Å². The lowest BCUT2D eigenvalue weighted by molar-refractivity contribution is -0.241. The molecule has 0 spiro atoms. The van der Waals surface area contributed by atoms with Crippen LogP contribution in [0.2, 0.25) is 6.55 Å². The van der Waals surface area contributed by atoms with Crippen LogP contribution >= 0.6 is 0 Å². The predicted octanol–water partition coefficient (Wildman–Crippen LogP) is 6.43. The van der Waals surface area contributed by atoms with E-state index in [1.807, 2.05) is 23.5 Å². The second-order valence-corrected chi connectivity index (χ2v) is 11.6. The third-order valence-corrected chi connectivity index (χ3v) is 8.58. The maximum atomic E-state index is 12.1. The smallest absolute Gasteiger partial charge is 0.293 e. The molecule has 0 saturated carbocycles. The molecule has 0 atom stereocenters. The van der Waals surface area contributed by atoms with Gasteiger partial charge in [0.2, 0.25) is 0 Å². The van der Waals surface area contributed by atoms with Gasteiger partial charge in [-0.15, -0.1) is 13.2 Å². The van der Waals surface area contributed by atoms with E-state index in [0.717, 1.165) is 12.8 Å². The Kier molecular flexibility index (Phi) is 12.5. The maximum Gasteiger partial charge on any atom is 0.373 e. The second kappa shape index (κ2) is 14.4. The molecular formula is C24H38O3Si. The van der Waals surface area contributed by atoms with Crippen LogP contribution in [0, 0.1) is 0 Å². The van der Waals surface area contributed by atoms with Gasteiger partial charge in [-0.1, -0.05) is 100.0 Å². The van der Waals surface area contributed by atoms with Crippen molar-refractivity contribution in [2.75, 3.05) is 6.61 Å². The zero-order chi connectivity index (χ0) is 20.7. The standard InChI is InChI=1S/C24H38O3Si/c1-5-8-9-10-11-12-13-14-15-16-21-26-27-24(25)22-17-19-23(20-18-22)28(4,6-2)7-3/h6-7,17-20H,2-3,5,8-16,21H2,1,4H3. The van der Waals surface area contributed by atoms with Crippen LogP contribution in [0.25, 0.3) is 0 Å². The van der Waals surface area contributed by atoms with E-state index in [1.54, 1.807) is 12.1 Å². The summed E-state index contributed by atoms with van der Waals surface area (Å²) >= 11 is 0. The molecule has 0 N–H and O–H groups in total. The first-order valence-electron chi connectivity index (χ1n) is 10.8. The molecule has 0 aliphatic heterocycles. The molecule has 0 saturated heterocycles. The van der Waals surface area contributed by atoms with Gasteiger partial charge in [-0.2, -0.15) is 4.89 Å². The van der Waals surface area contributed by atoms with Gasteiger partial charge in [0.05, 0.1) is 12.2 Å². The Morgan fingerprint density at radius 1 is 0.893 bits per heavy atom. The second-order valence-electron chi connectivity index (χ2n) is 7.64. The minimum absolute atomic E-state index is 0.445. The van der Waals surface area contributed by atoms with Crippen LogP contribution in [-0.2, 0) is 9.78 Å². The summed E-state index contributed by atoms with van der Waals surface area (Å²) in [5.41, 5.74) is 4.45. The number of benzene rings is 1. The van der Waals surface area contributed by atoms with Crippen molar-refractivity contribution >= 4 is 19.2 Å². The third-order valence-electron chi connectivity index (χ3n) is 5.31. The molecular weight excluding hydrogens is 364 g/mol. The molecule has 0 fully saturated rings. The molecule has 0 heterocycles. The summed E-state index contributed by atoms with van der Waals surface area (Å²) in [6.07, 6.45) is 12.7. The van der Waals surface area contributed by atoms with E-state index in [-0.39, 0.29) is 0 Å². The Balaban J connectivity index is 2.14. The van der Waals surface area contributed by atoms with Crippen LogP contribution in [0.5, 0.6) is 0 Å². The van der Waals surface area contributed by atoms with Crippen molar-refractivity contribution in [1.82, 2.24) is 0 Å². The molecule has 28 heavy (non-hydrogen) atoms. The minimum atomic E-state index is -1.85. The van der Waals surface area contributed by atoms with Gasteiger partial charge in [0, 0.05) is 0 Å². The van der Waals surface area contributed by atoms with Crippen LogP contribution in [0.1, 0.15) is 81.5 Å². The van der Waals surface area contributed by atoms with Crippen molar-refractivity contribution in [2.24, 2.45) is 0 Å². The molecule has 3 nitrogen and oxygen atoms in total. The Hall–Kier alpha value is -1.65. The van der Waals surface area contributed by atoms with Crippen LogP contribution in [0.4, 0.5) is 0 Å². The van der Waals surface area contributed by atoms with Crippen molar-refractivity contribution in [1.29, 1.82) is 0 Å². The van der Waals surface area contributed by atoms with E-state index in [9.17, 15) is 4.79 Å². The highest BCUT2D eigenvalue weighted by Gasteiger charge is 2.22. The molecule has 0 unspecified atom stereocenters. The molecule has 156 valence electrons. The van der Waals surface area contributed by atoms with Crippen molar-refractivity contribution in [3.8, 4) is 0 Å². The zero-order valence-electron chi connectivity index (χ0n) is 17.9. The molecule has 1 aromatic rings. The molecule has 1 aromatic carbocycles. The summed E-state index contributed by atoms with van der Waals surface area (Å²) in [6, 6.07) is 7.46. The van der Waals surface area contributed by atoms with Gasteiger partial charge in [0.1, 0.15) is 8.07 Å². The number of rotatable bonds is 16. The summed E-state index contributed by atoms with van der Waals surface area (Å²) in [6.45, 7) is 12.7. The first-order chi connectivity index (χ1) is 13.6. The van der Waals surface area contributed by atoms with Crippen LogP contribution in [0.15, 0.2) is 48.8 Å². The first-order valence-corrected chi connectivity index (χ1v) is 13.4. The molecule has 0 amide bonds. The molecule has 0 bridgehead atoms. The topological polar surface area (TPSA) is 35.5 Å². The van der Waals surface area contributed by atoms with E-state index < -0.39 is 14.0 Å². The van der Waals surface area contributed by atoms with Gasteiger partial charge in [-0.05, 0) is 18.6 Å². The highest BCUT2D eigenvalue weighted by atomic mass is 28.3. The SMILES string of the molecule is C=C[Si](C)(C=C)c1ccc(C(=O)OOCCCCCCCCCCCC)cc1. The summed E-state index contributed by atoms with van der Waals surface area (Å²) < 4.78 is 0. The molecule has 4 heteroatoms. The first kappa shape index (κ1) is 24.4. The van der Waals surface area contributed by atoms with Gasteiger partial charge in [-0.3, -0.25) is 4.89 Å². The van der Waals surface area contributed by atoms with Crippen molar-refractivity contribution < 1.29 is 14.6 Å². The fourth-order valence-electron chi connectivity index (χ4n) is 3.08. The monoisotopic (exact) mass is 402 g/mol. The minimum Gasteiger partial charge on any atom is -0.293 e. The summed E-state index contributed by atoms with van der Waals surface area (Å²) in [5, 5.41) is 1.17. The lowest BCUT2D eigenvalue weighted by Crippen LogP contribution is -2.40. The average Bonchev–Trinajstić information content (AvgIpc) is 2.74. The number of hydrogen-bond donors (Lipinski definition) is 0. The van der Waals surface area contributed by atoms with Crippen molar-refractivity contribution in [3.63, 3.8) is 0 Å². The zero-order valence-corrected chi connectivity index (χ0v) is 18.9. The van der Waals surface area contributed by atoms with Crippen LogP contribution in [-0.4, -0.2) is 20.7 Å². The van der Waals surface area contributed by atoms with Crippen molar-refractivity contribution in [3.05, 3.63) is 54.4 Å². The summed E-state index contributed by atoms with van der Waals surface area (Å²) in [4.78, 5) is 22.1. The summed E-state index contributed by atoms with van der Waals surface area (Å²) in [5.74, 6) is -0.445. The largest absolute Gasteiger partial charge is 0.373 e. The van der Waals surface area contributed by atoms with Crippen LogP contribution in [0.3, 0.4) is 0 Å². The Morgan fingerprint density at radius 3 is 1.89 bits per heavy atom. The molecule has 0 aliphatic carbocycles. The van der Waals surface area contributed by atoms with E-state index in [1.165, 1.54) is 56.6 Å². The molecule has 0 aromatic heterocycles. The van der Waals surface area contributed by atoms with E-state index in [4.69, 9.17) is 9.78 Å². The third kappa shape index (κ3) is 9.02. The Morgan fingerprint density at radius 2 is 1.39 bits per heavy atom. The highest BCUT2D eigenvalue weighted by molar-refractivity contribution is 6.98. The lowest BCUT2D eigenvalue weighted by Gasteiger charge is -2.19. The van der Waals surface area contributed by atoms with Crippen molar-refractivity contribution in [2.45, 2.75) is 77.7 Å². The van der Waals surface area contributed by atoms with Gasteiger partial charge < -0.3 is 0 Å². The van der Waals surface area contributed by atoms with Crippen LogP contribution < -0.4 is 5.19 Å². The lowest BCUT2D eigenvalue weighted by atomic mass is 10.1. The number of hydrogen-bond acceptors (Lipinski definition) is 3. The van der Waals surface area contributed by atoms with E-state index >= 15 is 0 Å². The molecule has 1 rings (SSSR count). The highest BCUT2D eigenvalue weighted by Crippen LogP contribution is 2.11. The Bertz CT molecular complexity index is 572. The van der Waals surface area contributed by atoms with E-state index in [2.05, 4.69) is 26.6 Å². The fourth-order valence-corrected chi connectivity index (χ4v) is 4.60. The summed E-state index contributed by atoms with van der Waals surface area (Å²) in [7, 11) is -1.85. The number of carbonyl (C=O) groups excluding carboxylic acids is 1. The van der Waals surface area contributed by atoms with Gasteiger partial charge >= 0.3 is 5.97 Å². The Labute approximate surface area is 172 Å². The average molecular weight is 403 g/mol. The van der Waals surface area contributed by atoms with Gasteiger partial charge in [0.25, 0.3) is 0 Å². The number of unbranched alkanes of at least 4 members (excludes halogenated alkanes) is 9. The van der Waals surface area contributed by atoms with Gasteiger partial charge in [0.15, 0.2) is 0 Å². The fraction of sp³-hybridized carbons (Fsp3) is 0.542. The quantitative estimate of drug-likeness (QED) is 0.138. The molecule has 0 aliphatic rings. The maximum absolute atomic E-state index is 12.1. The predicted molar refractivity (Wildman–Crippen MR) is 121 cm³/mol. The van der Waals surface area contributed by atoms with E-state index in [0.29, 0.717) is 12.2 Å².